The molecule has 0 aliphatic rings. The third kappa shape index (κ3) is 2.99. The van der Waals surface area contributed by atoms with Gasteiger partial charge in [-0.1, -0.05) is 6.07 Å². The van der Waals surface area contributed by atoms with Crippen molar-refractivity contribution in [3.05, 3.63) is 34.4 Å². The number of nitrogens with two attached hydrogens (primary N) is 1. The van der Waals surface area contributed by atoms with E-state index in [-0.39, 0.29) is 0 Å². The van der Waals surface area contributed by atoms with E-state index in [1.807, 2.05) is 22.9 Å². The first-order valence-electron chi connectivity index (χ1n) is 5.96. The molecule has 0 aliphatic carbocycles. The van der Waals surface area contributed by atoms with Crippen molar-refractivity contribution < 1.29 is 0 Å². The monoisotopic (exact) mass is 291 g/mol. The molecule has 3 heterocycles. The number of aryl methyl sites for hydroxylation is 2. The Hall–Kier alpha value is -1.73. The topological polar surface area (TPSA) is 80.5 Å². The highest BCUT2D eigenvalue weighted by Gasteiger charge is 2.07. The molecule has 5 nitrogen and oxygen atoms in total. The molecule has 7 heteroatoms. The number of nitrogens with one attached hydrogen (secondary N) is 1. The summed E-state index contributed by atoms with van der Waals surface area (Å²) in [5.74, 6) is 1.70. The lowest BCUT2D eigenvalue weighted by Crippen LogP contribution is -1.93. The number of aromatic amines is 1. The highest BCUT2D eigenvalue weighted by Crippen LogP contribution is 2.20. The number of anilines is 1. The molecule has 0 fully saturated rings. The largest absolute Gasteiger partial charge is 0.375 e. The SMILES string of the molecule is Nc1nc(CCCc2nc(-c3cccs3)n[nH]2)cs1. The van der Waals surface area contributed by atoms with Crippen molar-refractivity contribution in [2.24, 2.45) is 0 Å². The van der Waals surface area contributed by atoms with E-state index in [2.05, 4.69) is 20.2 Å². The van der Waals surface area contributed by atoms with E-state index in [1.54, 1.807) is 11.3 Å². The van der Waals surface area contributed by atoms with E-state index in [0.29, 0.717) is 5.13 Å². The zero-order chi connectivity index (χ0) is 13.1. The first-order valence-corrected chi connectivity index (χ1v) is 7.72. The number of hydrogen-bond acceptors (Lipinski definition) is 6. The summed E-state index contributed by atoms with van der Waals surface area (Å²) < 4.78 is 0. The van der Waals surface area contributed by atoms with E-state index >= 15 is 0 Å². The number of thiazole rings is 1. The van der Waals surface area contributed by atoms with E-state index in [1.165, 1.54) is 11.3 Å². The molecule has 0 unspecified atom stereocenters. The van der Waals surface area contributed by atoms with Gasteiger partial charge in [0.15, 0.2) is 11.0 Å². The van der Waals surface area contributed by atoms with E-state index in [9.17, 15) is 0 Å². The van der Waals surface area contributed by atoms with Gasteiger partial charge in [0.25, 0.3) is 0 Å². The Labute approximate surface area is 118 Å². The van der Waals surface area contributed by atoms with Crippen molar-refractivity contribution in [1.29, 1.82) is 0 Å². The second-order valence-electron chi connectivity index (χ2n) is 4.11. The van der Waals surface area contributed by atoms with Gasteiger partial charge < -0.3 is 5.73 Å². The zero-order valence-corrected chi connectivity index (χ0v) is 11.8. The molecule has 0 amide bonds. The molecule has 3 N–H and O–H groups in total. The molecule has 98 valence electrons. The highest BCUT2D eigenvalue weighted by atomic mass is 32.1. The van der Waals surface area contributed by atoms with Crippen molar-refractivity contribution in [1.82, 2.24) is 20.2 Å². The van der Waals surface area contributed by atoms with E-state index in [4.69, 9.17) is 5.73 Å². The maximum atomic E-state index is 5.60. The third-order valence-corrected chi connectivity index (χ3v) is 4.28. The van der Waals surface area contributed by atoms with Crippen LogP contribution in [0.3, 0.4) is 0 Å². The van der Waals surface area contributed by atoms with Gasteiger partial charge in [0.05, 0.1) is 10.6 Å². The van der Waals surface area contributed by atoms with Gasteiger partial charge in [-0.15, -0.1) is 22.7 Å². The lowest BCUT2D eigenvalue weighted by atomic mass is 10.2. The predicted octanol–water partition coefficient (Wildman–Crippen LogP) is 2.75. The van der Waals surface area contributed by atoms with Crippen molar-refractivity contribution in [3.8, 4) is 10.7 Å². The van der Waals surface area contributed by atoms with Crippen LogP contribution in [0.25, 0.3) is 10.7 Å². The molecular formula is C12H13N5S2. The minimum atomic E-state index is 0.634. The average Bonchev–Trinajstić information content (AvgIpc) is 3.09. The Morgan fingerprint density at radius 1 is 1.21 bits per heavy atom. The van der Waals surface area contributed by atoms with Gasteiger partial charge in [-0.05, 0) is 24.3 Å². The normalized spacial score (nSPS) is 10.9. The van der Waals surface area contributed by atoms with Crippen LogP contribution < -0.4 is 5.73 Å². The molecule has 0 spiro atoms. The Kier molecular flexibility index (Phi) is 3.56. The van der Waals surface area contributed by atoms with E-state index in [0.717, 1.165) is 41.5 Å². The predicted molar refractivity (Wildman–Crippen MR) is 78.2 cm³/mol. The summed E-state index contributed by atoms with van der Waals surface area (Å²) in [6, 6.07) is 4.03. The van der Waals surface area contributed by atoms with Crippen molar-refractivity contribution >= 4 is 27.8 Å². The van der Waals surface area contributed by atoms with Crippen LogP contribution in [0.5, 0.6) is 0 Å². The molecule has 3 aromatic rings. The molecule has 3 aromatic heterocycles. The van der Waals surface area contributed by atoms with Crippen LogP contribution in [0.2, 0.25) is 0 Å². The quantitative estimate of drug-likeness (QED) is 0.757. The number of H-pyrrole nitrogens is 1. The Bertz CT molecular complexity index is 641. The van der Waals surface area contributed by atoms with Crippen LogP contribution in [0.4, 0.5) is 5.13 Å². The van der Waals surface area contributed by atoms with Gasteiger partial charge in [0.2, 0.25) is 0 Å². The fourth-order valence-electron chi connectivity index (χ4n) is 1.80. The highest BCUT2D eigenvalue weighted by molar-refractivity contribution is 7.13. The summed E-state index contributed by atoms with van der Waals surface area (Å²) in [6.07, 6.45) is 2.78. The van der Waals surface area contributed by atoms with Gasteiger partial charge in [0.1, 0.15) is 5.82 Å². The lowest BCUT2D eigenvalue weighted by molar-refractivity contribution is 0.764. The third-order valence-electron chi connectivity index (χ3n) is 2.69. The molecule has 0 aromatic carbocycles. The Balaban J connectivity index is 1.56. The van der Waals surface area contributed by atoms with Crippen molar-refractivity contribution in [2.45, 2.75) is 19.3 Å². The second-order valence-corrected chi connectivity index (χ2v) is 5.95. The summed E-state index contributed by atoms with van der Waals surface area (Å²) in [5.41, 5.74) is 6.66. The number of hydrogen-bond donors (Lipinski definition) is 2. The molecule has 0 saturated carbocycles. The molecule has 0 atom stereocenters. The maximum Gasteiger partial charge on any atom is 0.191 e. The number of nitrogen functional groups attached to an aromatic ring is 1. The first kappa shape index (κ1) is 12.3. The standard InChI is InChI=1S/C12H13N5S2/c13-12-14-8(7-19-12)3-1-5-10-15-11(17-16-10)9-4-2-6-18-9/h2,4,6-7H,1,3,5H2,(H2,13,14)(H,15,16,17). The summed E-state index contributed by atoms with van der Waals surface area (Å²) in [7, 11) is 0. The van der Waals surface area contributed by atoms with Crippen LogP contribution in [0.1, 0.15) is 17.9 Å². The fraction of sp³-hybridized carbons (Fsp3) is 0.250. The fourth-order valence-corrected chi connectivity index (χ4v) is 3.05. The molecule has 0 radical (unpaired) electrons. The second kappa shape index (κ2) is 5.50. The molecule has 0 bridgehead atoms. The summed E-state index contributed by atoms with van der Waals surface area (Å²) in [4.78, 5) is 9.82. The van der Waals surface area contributed by atoms with Gasteiger partial charge in [0, 0.05) is 11.8 Å². The van der Waals surface area contributed by atoms with Crippen LogP contribution in [0.15, 0.2) is 22.9 Å². The van der Waals surface area contributed by atoms with Gasteiger partial charge >= 0.3 is 0 Å². The molecule has 0 saturated heterocycles. The van der Waals surface area contributed by atoms with Crippen molar-refractivity contribution in [2.75, 3.05) is 5.73 Å². The smallest absolute Gasteiger partial charge is 0.191 e. The van der Waals surface area contributed by atoms with Crippen LogP contribution >= 0.6 is 22.7 Å². The molecular weight excluding hydrogens is 278 g/mol. The van der Waals surface area contributed by atoms with Gasteiger partial charge in [-0.2, -0.15) is 5.10 Å². The zero-order valence-electron chi connectivity index (χ0n) is 10.2. The molecule has 3 rings (SSSR count). The van der Waals surface area contributed by atoms with Crippen LogP contribution in [-0.2, 0) is 12.8 Å². The average molecular weight is 291 g/mol. The minimum Gasteiger partial charge on any atom is -0.375 e. The number of rotatable bonds is 5. The maximum absolute atomic E-state index is 5.60. The number of nitrogens with zero attached hydrogens (tertiary/aromatic N) is 3. The lowest BCUT2D eigenvalue weighted by Gasteiger charge is -1.94. The minimum absolute atomic E-state index is 0.634. The Morgan fingerprint density at radius 2 is 2.16 bits per heavy atom. The van der Waals surface area contributed by atoms with Crippen LogP contribution in [-0.4, -0.2) is 20.2 Å². The number of aromatic nitrogens is 4. The number of thiophene rings is 1. The van der Waals surface area contributed by atoms with Gasteiger partial charge in [-0.3, -0.25) is 5.10 Å². The Morgan fingerprint density at radius 3 is 2.89 bits per heavy atom. The molecule has 19 heavy (non-hydrogen) atoms. The summed E-state index contributed by atoms with van der Waals surface area (Å²) in [5, 5.41) is 11.9. The summed E-state index contributed by atoms with van der Waals surface area (Å²) >= 11 is 3.13. The van der Waals surface area contributed by atoms with Gasteiger partial charge in [-0.25, -0.2) is 9.97 Å². The van der Waals surface area contributed by atoms with Crippen molar-refractivity contribution in [3.63, 3.8) is 0 Å². The molecule has 0 aliphatic heterocycles. The summed E-state index contributed by atoms with van der Waals surface area (Å²) in [6.45, 7) is 0. The van der Waals surface area contributed by atoms with Crippen LogP contribution in [0, 0.1) is 0 Å². The first-order chi connectivity index (χ1) is 9.31. The van der Waals surface area contributed by atoms with E-state index < -0.39 is 0 Å².